The van der Waals surface area contributed by atoms with Gasteiger partial charge in [0.2, 0.25) is 0 Å². The highest BCUT2D eigenvalue weighted by molar-refractivity contribution is 5.92. The summed E-state index contributed by atoms with van der Waals surface area (Å²) in [7, 11) is 1.74. The number of carbonyl (C=O) groups excluding carboxylic acids is 1. The molecular weight excluding hydrogens is 270 g/mol. The van der Waals surface area contributed by atoms with Crippen molar-refractivity contribution in [1.82, 2.24) is 20.2 Å². The number of carbonyl (C=O) groups is 1. The molecule has 21 heavy (non-hydrogen) atoms. The first kappa shape index (κ1) is 14.2. The Morgan fingerprint density at radius 2 is 2.43 bits per heavy atom. The van der Waals surface area contributed by atoms with Crippen molar-refractivity contribution in [3.63, 3.8) is 0 Å². The number of fused-ring (bicyclic) bond motifs is 1. The zero-order valence-electron chi connectivity index (χ0n) is 12.2. The standard InChI is InChI=1S/C14H21N5O2/c1-15-13-7-16-6-12(18-13)14(20)17-5-11-8-19-4-2-3-10(19)9-21-11/h6-7,10-11H,2-5,8-9H2,1H3,(H,15,18)(H,17,20). The van der Waals surface area contributed by atoms with Gasteiger partial charge < -0.3 is 15.4 Å². The summed E-state index contributed by atoms with van der Waals surface area (Å²) in [5, 5.41) is 5.75. The van der Waals surface area contributed by atoms with E-state index in [9.17, 15) is 4.79 Å². The van der Waals surface area contributed by atoms with Crippen molar-refractivity contribution < 1.29 is 9.53 Å². The van der Waals surface area contributed by atoms with Gasteiger partial charge >= 0.3 is 0 Å². The van der Waals surface area contributed by atoms with Crippen LogP contribution in [0, 0.1) is 0 Å². The molecule has 114 valence electrons. The molecule has 3 heterocycles. The van der Waals surface area contributed by atoms with E-state index in [4.69, 9.17) is 4.74 Å². The Morgan fingerprint density at radius 1 is 1.52 bits per heavy atom. The molecule has 1 amide bonds. The SMILES string of the molecule is CNc1cncc(C(=O)NCC2CN3CCCC3CO2)n1. The number of hydrogen-bond acceptors (Lipinski definition) is 6. The van der Waals surface area contributed by atoms with Crippen LogP contribution in [0.2, 0.25) is 0 Å². The lowest BCUT2D eigenvalue weighted by molar-refractivity contribution is -0.0462. The van der Waals surface area contributed by atoms with Gasteiger partial charge in [0.1, 0.15) is 11.5 Å². The molecule has 0 spiro atoms. The lowest BCUT2D eigenvalue weighted by atomic mass is 10.2. The number of nitrogens with zero attached hydrogens (tertiary/aromatic N) is 3. The van der Waals surface area contributed by atoms with Crippen LogP contribution in [0.25, 0.3) is 0 Å². The lowest BCUT2D eigenvalue weighted by Gasteiger charge is -2.35. The third kappa shape index (κ3) is 3.30. The highest BCUT2D eigenvalue weighted by Gasteiger charge is 2.32. The van der Waals surface area contributed by atoms with Crippen LogP contribution >= 0.6 is 0 Å². The summed E-state index contributed by atoms with van der Waals surface area (Å²) in [5.41, 5.74) is 0.316. The number of anilines is 1. The van der Waals surface area contributed by atoms with Gasteiger partial charge in [-0.05, 0) is 19.4 Å². The number of ether oxygens (including phenoxy) is 1. The zero-order chi connectivity index (χ0) is 14.7. The molecule has 1 aromatic heterocycles. The molecule has 2 atom stereocenters. The first-order chi connectivity index (χ1) is 10.3. The quantitative estimate of drug-likeness (QED) is 0.820. The number of nitrogens with one attached hydrogen (secondary N) is 2. The van der Waals surface area contributed by atoms with Crippen molar-refractivity contribution in [3.05, 3.63) is 18.1 Å². The molecule has 2 unspecified atom stereocenters. The molecule has 0 saturated carbocycles. The summed E-state index contributed by atoms with van der Waals surface area (Å²) in [6.07, 6.45) is 5.58. The minimum absolute atomic E-state index is 0.0590. The topological polar surface area (TPSA) is 79.4 Å². The molecule has 2 aliphatic rings. The minimum atomic E-state index is -0.216. The molecular formula is C14H21N5O2. The van der Waals surface area contributed by atoms with Crippen molar-refractivity contribution in [1.29, 1.82) is 0 Å². The fourth-order valence-electron chi connectivity index (χ4n) is 2.90. The van der Waals surface area contributed by atoms with Gasteiger partial charge in [-0.25, -0.2) is 4.98 Å². The van der Waals surface area contributed by atoms with Crippen LogP contribution in [0.3, 0.4) is 0 Å². The first-order valence-electron chi connectivity index (χ1n) is 7.40. The van der Waals surface area contributed by atoms with Crippen molar-refractivity contribution in [3.8, 4) is 0 Å². The second-order valence-corrected chi connectivity index (χ2v) is 5.50. The van der Waals surface area contributed by atoms with Crippen molar-refractivity contribution in [2.45, 2.75) is 25.0 Å². The van der Waals surface area contributed by atoms with Crippen LogP contribution in [0.4, 0.5) is 5.82 Å². The highest BCUT2D eigenvalue weighted by atomic mass is 16.5. The summed E-state index contributed by atoms with van der Waals surface area (Å²) < 4.78 is 5.82. The molecule has 2 fully saturated rings. The van der Waals surface area contributed by atoms with E-state index in [2.05, 4.69) is 25.5 Å². The number of amides is 1. The molecule has 1 aromatic rings. The van der Waals surface area contributed by atoms with Gasteiger partial charge in [-0.1, -0.05) is 0 Å². The van der Waals surface area contributed by atoms with Crippen molar-refractivity contribution in [2.24, 2.45) is 0 Å². The lowest BCUT2D eigenvalue weighted by Crippen LogP contribution is -2.50. The molecule has 0 aromatic carbocycles. The van der Waals surface area contributed by atoms with Gasteiger partial charge in [0.25, 0.3) is 5.91 Å². The Hall–Kier alpha value is -1.73. The van der Waals surface area contributed by atoms with E-state index in [1.807, 2.05) is 0 Å². The van der Waals surface area contributed by atoms with Crippen LogP contribution in [0.15, 0.2) is 12.4 Å². The maximum atomic E-state index is 12.1. The Morgan fingerprint density at radius 3 is 3.29 bits per heavy atom. The Balaban J connectivity index is 1.51. The number of hydrogen-bond donors (Lipinski definition) is 2. The van der Waals surface area contributed by atoms with Crippen LogP contribution in [0.5, 0.6) is 0 Å². The third-order valence-electron chi connectivity index (χ3n) is 4.08. The van der Waals surface area contributed by atoms with E-state index in [1.165, 1.54) is 19.0 Å². The number of aromatic nitrogens is 2. The predicted octanol–water partition coefficient (Wildman–Crippen LogP) is 0.111. The average Bonchev–Trinajstić information content (AvgIpc) is 3.00. The normalized spacial score (nSPS) is 25.4. The largest absolute Gasteiger partial charge is 0.373 e. The van der Waals surface area contributed by atoms with Gasteiger partial charge in [-0.15, -0.1) is 0 Å². The maximum absolute atomic E-state index is 12.1. The monoisotopic (exact) mass is 291 g/mol. The molecule has 0 bridgehead atoms. The smallest absolute Gasteiger partial charge is 0.271 e. The fourth-order valence-corrected chi connectivity index (χ4v) is 2.90. The summed E-state index contributed by atoms with van der Waals surface area (Å²) in [5.74, 6) is 0.364. The molecule has 7 heteroatoms. The van der Waals surface area contributed by atoms with Gasteiger partial charge in [-0.2, -0.15) is 0 Å². The molecule has 3 rings (SSSR count). The zero-order valence-corrected chi connectivity index (χ0v) is 12.2. The Bertz CT molecular complexity index is 510. The summed E-state index contributed by atoms with van der Waals surface area (Å²) in [6, 6.07) is 0.579. The second-order valence-electron chi connectivity index (χ2n) is 5.50. The summed E-state index contributed by atoms with van der Waals surface area (Å²) >= 11 is 0. The van der Waals surface area contributed by atoms with Crippen LogP contribution in [0.1, 0.15) is 23.3 Å². The Kier molecular flexibility index (Phi) is 4.31. The highest BCUT2D eigenvalue weighted by Crippen LogP contribution is 2.22. The maximum Gasteiger partial charge on any atom is 0.271 e. The molecule has 0 aliphatic carbocycles. The average molecular weight is 291 g/mol. The predicted molar refractivity (Wildman–Crippen MR) is 78.2 cm³/mol. The molecule has 0 radical (unpaired) electrons. The summed E-state index contributed by atoms with van der Waals surface area (Å²) in [6.45, 7) is 3.32. The molecule has 7 nitrogen and oxygen atoms in total. The molecule has 2 saturated heterocycles. The minimum Gasteiger partial charge on any atom is -0.373 e. The van der Waals surface area contributed by atoms with E-state index in [0.29, 0.717) is 24.1 Å². The Labute approximate surface area is 124 Å². The van der Waals surface area contributed by atoms with E-state index >= 15 is 0 Å². The van der Waals surface area contributed by atoms with E-state index < -0.39 is 0 Å². The summed E-state index contributed by atoms with van der Waals surface area (Å²) in [4.78, 5) is 22.7. The molecule has 2 N–H and O–H groups in total. The van der Waals surface area contributed by atoms with Crippen LogP contribution < -0.4 is 10.6 Å². The fraction of sp³-hybridized carbons (Fsp3) is 0.643. The van der Waals surface area contributed by atoms with Gasteiger partial charge in [0, 0.05) is 26.2 Å². The van der Waals surface area contributed by atoms with Crippen LogP contribution in [-0.2, 0) is 4.74 Å². The molecule has 2 aliphatic heterocycles. The first-order valence-corrected chi connectivity index (χ1v) is 7.40. The third-order valence-corrected chi connectivity index (χ3v) is 4.08. The number of morpholine rings is 1. The van der Waals surface area contributed by atoms with E-state index in [1.54, 1.807) is 13.2 Å². The van der Waals surface area contributed by atoms with Gasteiger partial charge in [0.05, 0.1) is 25.1 Å². The van der Waals surface area contributed by atoms with Gasteiger partial charge in [-0.3, -0.25) is 14.7 Å². The van der Waals surface area contributed by atoms with E-state index in [0.717, 1.165) is 19.7 Å². The van der Waals surface area contributed by atoms with Crippen molar-refractivity contribution in [2.75, 3.05) is 38.6 Å². The second kappa shape index (κ2) is 6.36. The van der Waals surface area contributed by atoms with Gasteiger partial charge in [0.15, 0.2) is 0 Å². The van der Waals surface area contributed by atoms with Crippen LogP contribution in [-0.4, -0.2) is 66.2 Å². The van der Waals surface area contributed by atoms with Crippen molar-refractivity contribution >= 4 is 11.7 Å². The van der Waals surface area contributed by atoms with E-state index in [-0.39, 0.29) is 12.0 Å². The number of rotatable bonds is 4.